The minimum Gasteiger partial charge on any atom is -0.396 e. The van der Waals surface area contributed by atoms with E-state index < -0.39 is 10.0 Å². The maximum Gasteiger partial charge on any atom is 0.240 e. The van der Waals surface area contributed by atoms with E-state index in [-0.39, 0.29) is 29.7 Å². The molecule has 0 saturated carbocycles. The molecule has 0 heterocycles. The van der Waals surface area contributed by atoms with Crippen molar-refractivity contribution in [1.29, 1.82) is 0 Å². The number of aliphatic hydroxyl groups excluding tert-OH is 1. The summed E-state index contributed by atoms with van der Waals surface area (Å²) < 4.78 is 26.7. The zero-order valence-electron chi connectivity index (χ0n) is 11.8. The minimum atomic E-state index is -3.62. The van der Waals surface area contributed by atoms with E-state index in [2.05, 4.69) is 4.72 Å². The molecular formula is C14H21NO4S. The van der Waals surface area contributed by atoms with Crippen LogP contribution in [0.1, 0.15) is 37.0 Å². The van der Waals surface area contributed by atoms with Crippen molar-refractivity contribution >= 4 is 15.8 Å². The van der Waals surface area contributed by atoms with E-state index in [1.165, 1.54) is 12.1 Å². The van der Waals surface area contributed by atoms with Crippen LogP contribution < -0.4 is 4.72 Å². The number of hydrogen-bond acceptors (Lipinski definition) is 4. The molecule has 0 aliphatic rings. The summed E-state index contributed by atoms with van der Waals surface area (Å²) in [7, 11) is -3.62. The van der Waals surface area contributed by atoms with Gasteiger partial charge in [-0.1, -0.05) is 26.0 Å². The number of carbonyl (C=O) groups is 1. The molecule has 112 valence electrons. The van der Waals surface area contributed by atoms with E-state index in [1.807, 2.05) is 6.92 Å². The smallest absolute Gasteiger partial charge is 0.240 e. The summed E-state index contributed by atoms with van der Waals surface area (Å²) in [6.07, 6.45) is 0.876. The van der Waals surface area contributed by atoms with Crippen molar-refractivity contribution < 1.29 is 18.3 Å². The van der Waals surface area contributed by atoms with E-state index in [9.17, 15) is 13.2 Å². The van der Waals surface area contributed by atoms with Crippen LogP contribution in [0.5, 0.6) is 0 Å². The first-order valence-corrected chi connectivity index (χ1v) is 8.12. The number of benzene rings is 1. The van der Waals surface area contributed by atoms with Crippen LogP contribution in [0.2, 0.25) is 0 Å². The average Bonchev–Trinajstić information content (AvgIpc) is 2.45. The monoisotopic (exact) mass is 299 g/mol. The Labute approximate surface area is 120 Å². The van der Waals surface area contributed by atoms with Crippen LogP contribution in [-0.2, 0) is 10.0 Å². The SMILES string of the molecule is CCC(=O)c1cccc(S(=O)(=O)NCC(C)CCO)c1. The normalized spacial score (nSPS) is 13.2. The third kappa shape index (κ3) is 4.70. The summed E-state index contributed by atoms with van der Waals surface area (Å²) in [6.45, 7) is 3.88. The quantitative estimate of drug-likeness (QED) is 0.714. The van der Waals surface area contributed by atoms with Crippen LogP contribution in [0, 0.1) is 5.92 Å². The minimum absolute atomic E-state index is 0.0311. The summed E-state index contributed by atoms with van der Waals surface area (Å²) in [5, 5.41) is 8.79. The summed E-state index contributed by atoms with van der Waals surface area (Å²) in [6, 6.07) is 6.03. The van der Waals surface area contributed by atoms with Crippen molar-refractivity contribution in [2.45, 2.75) is 31.6 Å². The molecule has 0 bridgehead atoms. The number of ketones is 1. The highest BCUT2D eigenvalue weighted by atomic mass is 32.2. The molecule has 0 fully saturated rings. The van der Waals surface area contributed by atoms with Gasteiger partial charge in [0.1, 0.15) is 0 Å². The van der Waals surface area contributed by atoms with Gasteiger partial charge in [0.05, 0.1) is 4.90 Å². The maximum absolute atomic E-state index is 12.1. The zero-order valence-corrected chi connectivity index (χ0v) is 12.6. The molecule has 6 heteroatoms. The van der Waals surface area contributed by atoms with Crippen LogP contribution >= 0.6 is 0 Å². The van der Waals surface area contributed by atoms with Crippen molar-refractivity contribution in [1.82, 2.24) is 4.72 Å². The molecule has 1 unspecified atom stereocenters. The molecule has 0 radical (unpaired) electrons. The fourth-order valence-electron chi connectivity index (χ4n) is 1.70. The van der Waals surface area contributed by atoms with Gasteiger partial charge in [0.2, 0.25) is 10.0 Å². The molecular weight excluding hydrogens is 278 g/mol. The molecule has 0 aliphatic carbocycles. The van der Waals surface area contributed by atoms with E-state index in [0.29, 0.717) is 18.4 Å². The Morgan fingerprint density at radius 2 is 2.10 bits per heavy atom. The lowest BCUT2D eigenvalue weighted by Crippen LogP contribution is -2.29. The van der Waals surface area contributed by atoms with Gasteiger partial charge in [-0.05, 0) is 24.5 Å². The van der Waals surface area contributed by atoms with Crippen molar-refractivity contribution in [3.8, 4) is 0 Å². The van der Waals surface area contributed by atoms with Crippen LogP contribution in [-0.4, -0.2) is 32.5 Å². The van der Waals surface area contributed by atoms with E-state index >= 15 is 0 Å². The Morgan fingerprint density at radius 3 is 2.70 bits per heavy atom. The predicted octanol–water partition coefficient (Wildman–Crippen LogP) is 1.58. The van der Waals surface area contributed by atoms with Crippen LogP contribution in [0.25, 0.3) is 0 Å². The second-order valence-electron chi connectivity index (χ2n) is 4.77. The number of nitrogens with one attached hydrogen (secondary N) is 1. The Balaban J connectivity index is 2.85. The predicted molar refractivity (Wildman–Crippen MR) is 77.1 cm³/mol. The Kier molecular flexibility index (Phi) is 6.32. The molecule has 1 rings (SSSR count). The molecule has 1 aromatic rings. The largest absolute Gasteiger partial charge is 0.396 e. The van der Waals surface area contributed by atoms with Gasteiger partial charge in [0.25, 0.3) is 0 Å². The van der Waals surface area contributed by atoms with Gasteiger partial charge in [-0.2, -0.15) is 0 Å². The Morgan fingerprint density at radius 1 is 1.40 bits per heavy atom. The highest BCUT2D eigenvalue weighted by molar-refractivity contribution is 7.89. The van der Waals surface area contributed by atoms with Crippen molar-refractivity contribution in [3.63, 3.8) is 0 Å². The summed E-state index contributed by atoms with van der Waals surface area (Å²) >= 11 is 0. The summed E-state index contributed by atoms with van der Waals surface area (Å²) in [4.78, 5) is 11.7. The molecule has 0 spiro atoms. The number of carbonyl (C=O) groups excluding carboxylic acids is 1. The Hall–Kier alpha value is -1.24. The second kappa shape index (κ2) is 7.52. The zero-order chi connectivity index (χ0) is 15.2. The van der Waals surface area contributed by atoms with Gasteiger partial charge >= 0.3 is 0 Å². The maximum atomic E-state index is 12.1. The van der Waals surface area contributed by atoms with E-state index in [4.69, 9.17) is 5.11 Å². The topological polar surface area (TPSA) is 83.5 Å². The lowest BCUT2D eigenvalue weighted by Gasteiger charge is -2.12. The first-order valence-electron chi connectivity index (χ1n) is 6.64. The van der Waals surface area contributed by atoms with Gasteiger partial charge in [0, 0.05) is 25.1 Å². The Bertz CT molecular complexity index is 554. The molecule has 0 aliphatic heterocycles. The molecule has 0 aromatic heterocycles. The van der Waals surface area contributed by atoms with Gasteiger partial charge in [-0.25, -0.2) is 13.1 Å². The fourth-order valence-corrected chi connectivity index (χ4v) is 2.91. The van der Waals surface area contributed by atoms with E-state index in [0.717, 1.165) is 0 Å². The lowest BCUT2D eigenvalue weighted by molar-refractivity contribution is 0.0988. The van der Waals surface area contributed by atoms with Crippen molar-refractivity contribution in [3.05, 3.63) is 29.8 Å². The van der Waals surface area contributed by atoms with E-state index in [1.54, 1.807) is 19.1 Å². The first kappa shape index (κ1) is 16.8. The number of Topliss-reactive ketones (excluding diaryl/α,β-unsaturated/α-hetero) is 1. The van der Waals surface area contributed by atoms with Gasteiger partial charge in [0.15, 0.2) is 5.78 Å². The first-order chi connectivity index (χ1) is 9.40. The summed E-state index contributed by atoms with van der Waals surface area (Å²) in [5.74, 6) is -0.0362. The number of aliphatic hydroxyl groups is 1. The number of hydrogen-bond donors (Lipinski definition) is 2. The molecule has 0 amide bonds. The third-order valence-electron chi connectivity index (χ3n) is 3.03. The molecule has 2 N–H and O–H groups in total. The molecule has 20 heavy (non-hydrogen) atoms. The highest BCUT2D eigenvalue weighted by Gasteiger charge is 2.16. The lowest BCUT2D eigenvalue weighted by atomic mass is 10.1. The van der Waals surface area contributed by atoms with Crippen LogP contribution in [0.15, 0.2) is 29.2 Å². The van der Waals surface area contributed by atoms with Crippen molar-refractivity contribution in [2.24, 2.45) is 5.92 Å². The molecule has 1 atom stereocenters. The molecule has 1 aromatic carbocycles. The van der Waals surface area contributed by atoms with Crippen LogP contribution in [0.4, 0.5) is 0 Å². The van der Waals surface area contributed by atoms with Gasteiger partial charge in [-0.15, -0.1) is 0 Å². The fraction of sp³-hybridized carbons (Fsp3) is 0.500. The number of sulfonamides is 1. The highest BCUT2D eigenvalue weighted by Crippen LogP contribution is 2.13. The summed E-state index contributed by atoms with van der Waals surface area (Å²) in [5.41, 5.74) is 0.402. The van der Waals surface area contributed by atoms with Gasteiger partial charge in [-0.3, -0.25) is 4.79 Å². The second-order valence-corrected chi connectivity index (χ2v) is 6.54. The van der Waals surface area contributed by atoms with Crippen LogP contribution in [0.3, 0.4) is 0 Å². The standard InChI is InChI=1S/C14H21NO4S/c1-3-14(17)12-5-4-6-13(9-12)20(18,19)15-10-11(2)7-8-16/h4-6,9,11,15-16H,3,7-8,10H2,1-2H3. The van der Waals surface area contributed by atoms with Gasteiger partial charge < -0.3 is 5.11 Å². The molecule has 0 saturated heterocycles. The molecule has 5 nitrogen and oxygen atoms in total. The van der Waals surface area contributed by atoms with Crippen molar-refractivity contribution in [2.75, 3.05) is 13.2 Å². The number of rotatable bonds is 8. The average molecular weight is 299 g/mol. The third-order valence-corrected chi connectivity index (χ3v) is 4.45.